The van der Waals surface area contributed by atoms with Crippen molar-refractivity contribution in [3.8, 4) is 0 Å². The molecule has 0 saturated heterocycles. The number of hydrogen-bond acceptors (Lipinski definition) is 5. The van der Waals surface area contributed by atoms with Gasteiger partial charge in [-0.3, -0.25) is 9.97 Å². The van der Waals surface area contributed by atoms with E-state index in [9.17, 15) is 4.79 Å². The second-order valence-corrected chi connectivity index (χ2v) is 8.09. The summed E-state index contributed by atoms with van der Waals surface area (Å²) in [6.07, 6.45) is 7.72. The molecule has 0 unspecified atom stereocenters. The van der Waals surface area contributed by atoms with Gasteiger partial charge >= 0.3 is 5.97 Å². The molecule has 0 spiro atoms. The first kappa shape index (κ1) is 19.6. The van der Waals surface area contributed by atoms with Gasteiger partial charge in [-0.1, -0.05) is 30.9 Å². The van der Waals surface area contributed by atoms with Gasteiger partial charge in [-0.05, 0) is 45.7 Å². The number of carbonyl (C=O) groups excluding carboxylic acids is 1. The summed E-state index contributed by atoms with van der Waals surface area (Å²) in [7, 11) is 2.10. The Morgan fingerprint density at radius 1 is 1.21 bits per heavy atom. The van der Waals surface area contributed by atoms with Gasteiger partial charge in [0.25, 0.3) is 0 Å². The zero-order valence-corrected chi connectivity index (χ0v) is 17.8. The van der Waals surface area contributed by atoms with Crippen molar-refractivity contribution in [2.45, 2.75) is 58.9 Å². The number of pyridine rings is 2. The Bertz CT molecular complexity index is 1070. The summed E-state index contributed by atoms with van der Waals surface area (Å²) < 4.78 is 5.38. The molecular formula is C24H29N3O2. The van der Waals surface area contributed by atoms with Crippen molar-refractivity contribution in [3.05, 3.63) is 41.2 Å². The van der Waals surface area contributed by atoms with Crippen LogP contribution < -0.4 is 4.90 Å². The van der Waals surface area contributed by atoms with Crippen LogP contribution >= 0.6 is 0 Å². The van der Waals surface area contributed by atoms with Crippen LogP contribution in [0.2, 0.25) is 0 Å². The fraction of sp³-hybridized carbons (Fsp3) is 0.458. The van der Waals surface area contributed by atoms with E-state index in [0.717, 1.165) is 46.0 Å². The van der Waals surface area contributed by atoms with E-state index in [2.05, 4.69) is 31.0 Å². The van der Waals surface area contributed by atoms with Crippen LogP contribution in [-0.2, 0) is 4.74 Å². The Balaban J connectivity index is 2.01. The summed E-state index contributed by atoms with van der Waals surface area (Å²) >= 11 is 0. The molecule has 0 atom stereocenters. The van der Waals surface area contributed by atoms with E-state index in [1.165, 1.54) is 24.8 Å². The van der Waals surface area contributed by atoms with Crippen LogP contribution in [0.5, 0.6) is 0 Å². The molecule has 1 aromatic carbocycles. The van der Waals surface area contributed by atoms with Crippen molar-refractivity contribution in [3.63, 3.8) is 0 Å². The van der Waals surface area contributed by atoms with Gasteiger partial charge in [0.05, 0.1) is 23.3 Å². The largest absolute Gasteiger partial charge is 0.462 e. The summed E-state index contributed by atoms with van der Waals surface area (Å²) in [6, 6.07) is 6.66. The number of aryl methyl sites for hydroxylation is 2. The standard InChI is InChI=1S/C24H29N3O2/c1-5-29-24(28)19-14-25-22-18-13-15(2)11-12-20(18)26-16(3)21(22)23(19)27(4)17-9-7-6-8-10-17/h11-14,17H,5-10H2,1-4H3. The number of fused-ring (bicyclic) bond motifs is 3. The summed E-state index contributed by atoms with van der Waals surface area (Å²) in [5.74, 6) is -0.316. The molecule has 0 bridgehead atoms. The molecular weight excluding hydrogens is 362 g/mol. The van der Waals surface area contributed by atoms with Gasteiger partial charge in [-0.25, -0.2) is 4.79 Å². The maximum atomic E-state index is 12.8. The third kappa shape index (κ3) is 3.54. The number of rotatable bonds is 4. The molecule has 0 amide bonds. The Morgan fingerprint density at radius 2 is 1.97 bits per heavy atom. The fourth-order valence-corrected chi connectivity index (χ4v) is 4.60. The topological polar surface area (TPSA) is 55.3 Å². The Morgan fingerprint density at radius 3 is 2.69 bits per heavy atom. The predicted molar refractivity (Wildman–Crippen MR) is 118 cm³/mol. The van der Waals surface area contributed by atoms with Crippen LogP contribution in [0.15, 0.2) is 24.4 Å². The maximum Gasteiger partial charge on any atom is 0.341 e. The molecule has 1 aliphatic rings. The lowest BCUT2D eigenvalue weighted by atomic mass is 9.93. The molecule has 1 fully saturated rings. The lowest BCUT2D eigenvalue weighted by Crippen LogP contribution is -2.35. The molecule has 4 rings (SSSR count). The number of benzene rings is 1. The number of hydrogen-bond donors (Lipinski definition) is 0. The van der Waals surface area contributed by atoms with Gasteiger partial charge in [-0.15, -0.1) is 0 Å². The van der Waals surface area contributed by atoms with E-state index in [1.807, 2.05) is 19.9 Å². The van der Waals surface area contributed by atoms with E-state index >= 15 is 0 Å². The molecule has 152 valence electrons. The third-order valence-corrected chi connectivity index (χ3v) is 6.08. The summed E-state index contributed by atoms with van der Waals surface area (Å²) in [5, 5.41) is 1.99. The van der Waals surface area contributed by atoms with E-state index in [1.54, 1.807) is 6.20 Å². The Kier molecular flexibility index (Phi) is 5.39. The number of carbonyl (C=O) groups is 1. The number of nitrogens with zero attached hydrogens (tertiary/aromatic N) is 3. The molecule has 2 aromatic heterocycles. The monoisotopic (exact) mass is 391 g/mol. The van der Waals surface area contributed by atoms with Gasteiger partial charge in [0.2, 0.25) is 0 Å². The lowest BCUT2D eigenvalue weighted by molar-refractivity contribution is 0.0526. The van der Waals surface area contributed by atoms with Crippen molar-refractivity contribution in [2.75, 3.05) is 18.6 Å². The minimum absolute atomic E-state index is 0.316. The third-order valence-electron chi connectivity index (χ3n) is 6.08. The molecule has 0 N–H and O–H groups in total. The minimum atomic E-state index is -0.316. The highest BCUT2D eigenvalue weighted by atomic mass is 16.5. The number of ether oxygens (including phenoxy) is 1. The van der Waals surface area contributed by atoms with Crippen molar-refractivity contribution < 1.29 is 9.53 Å². The Hall–Kier alpha value is -2.69. The zero-order chi connectivity index (χ0) is 20.5. The van der Waals surface area contributed by atoms with Crippen LogP contribution in [0.1, 0.15) is 60.6 Å². The highest BCUT2D eigenvalue weighted by Gasteiger charge is 2.27. The van der Waals surface area contributed by atoms with Crippen LogP contribution in [0, 0.1) is 13.8 Å². The number of aromatic nitrogens is 2. The SMILES string of the molecule is CCOC(=O)c1cnc2c(c(C)nc3ccc(C)cc32)c1N(C)C1CCCCC1. The van der Waals surface area contributed by atoms with Crippen LogP contribution in [0.4, 0.5) is 5.69 Å². The van der Waals surface area contributed by atoms with E-state index in [4.69, 9.17) is 14.7 Å². The summed E-state index contributed by atoms with van der Waals surface area (Å²) in [5.41, 5.74) is 5.35. The maximum absolute atomic E-state index is 12.8. The predicted octanol–water partition coefficient (Wildman–Crippen LogP) is 5.35. The first-order valence-corrected chi connectivity index (χ1v) is 10.6. The number of esters is 1. The molecule has 3 aromatic rings. The van der Waals surface area contributed by atoms with Gasteiger partial charge in [0, 0.05) is 35.8 Å². The highest BCUT2D eigenvalue weighted by molar-refractivity contribution is 6.13. The average Bonchev–Trinajstić information content (AvgIpc) is 2.74. The first-order chi connectivity index (χ1) is 14.0. The smallest absolute Gasteiger partial charge is 0.341 e. The second-order valence-electron chi connectivity index (χ2n) is 8.09. The molecule has 2 heterocycles. The average molecular weight is 392 g/mol. The Labute approximate surface area is 172 Å². The molecule has 1 saturated carbocycles. The highest BCUT2D eigenvalue weighted by Crippen LogP contribution is 2.38. The zero-order valence-electron chi connectivity index (χ0n) is 17.8. The summed E-state index contributed by atoms with van der Waals surface area (Å²) in [6.45, 7) is 6.27. The molecule has 5 heteroatoms. The normalized spacial score (nSPS) is 15.0. The number of anilines is 1. The fourth-order valence-electron chi connectivity index (χ4n) is 4.60. The van der Waals surface area contributed by atoms with Crippen molar-refractivity contribution >= 4 is 33.5 Å². The van der Waals surface area contributed by atoms with Crippen molar-refractivity contribution in [1.29, 1.82) is 0 Å². The van der Waals surface area contributed by atoms with Crippen LogP contribution in [-0.4, -0.2) is 35.6 Å². The quantitative estimate of drug-likeness (QED) is 0.443. The van der Waals surface area contributed by atoms with E-state index in [-0.39, 0.29) is 5.97 Å². The van der Waals surface area contributed by atoms with Gasteiger partial charge in [0.15, 0.2) is 0 Å². The molecule has 5 nitrogen and oxygen atoms in total. The summed E-state index contributed by atoms with van der Waals surface area (Å²) in [4.78, 5) is 24.7. The van der Waals surface area contributed by atoms with E-state index < -0.39 is 0 Å². The lowest BCUT2D eigenvalue weighted by Gasteiger charge is -2.34. The molecule has 29 heavy (non-hydrogen) atoms. The first-order valence-electron chi connectivity index (χ1n) is 10.6. The van der Waals surface area contributed by atoms with E-state index in [0.29, 0.717) is 18.2 Å². The molecule has 0 aliphatic heterocycles. The van der Waals surface area contributed by atoms with Gasteiger partial charge < -0.3 is 9.64 Å². The van der Waals surface area contributed by atoms with Gasteiger partial charge in [-0.2, -0.15) is 0 Å². The van der Waals surface area contributed by atoms with Crippen molar-refractivity contribution in [2.24, 2.45) is 0 Å². The molecule has 0 radical (unpaired) electrons. The van der Waals surface area contributed by atoms with Crippen molar-refractivity contribution in [1.82, 2.24) is 9.97 Å². The molecule has 1 aliphatic carbocycles. The van der Waals surface area contributed by atoms with Crippen LogP contribution in [0.3, 0.4) is 0 Å². The minimum Gasteiger partial charge on any atom is -0.462 e. The van der Waals surface area contributed by atoms with Gasteiger partial charge in [0.1, 0.15) is 5.56 Å². The van der Waals surface area contributed by atoms with Crippen LogP contribution in [0.25, 0.3) is 21.8 Å². The second kappa shape index (κ2) is 7.97.